The van der Waals surface area contributed by atoms with Crippen molar-refractivity contribution in [2.45, 2.75) is 6.54 Å². The summed E-state index contributed by atoms with van der Waals surface area (Å²) in [6.45, 7) is 0.181. The maximum Gasteiger partial charge on any atom is 0.261 e. The van der Waals surface area contributed by atoms with Crippen LogP contribution in [0.15, 0.2) is 67.3 Å². The Kier molecular flexibility index (Phi) is 4.56. The molecule has 6 heteroatoms. The summed E-state index contributed by atoms with van der Waals surface area (Å²) in [5, 5.41) is 0. The van der Waals surface area contributed by atoms with Gasteiger partial charge in [-0.1, -0.05) is 6.07 Å². The summed E-state index contributed by atoms with van der Waals surface area (Å²) in [5.41, 5.74) is 1.13. The largest absolute Gasteiger partial charge is 0.304 e. The van der Waals surface area contributed by atoms with Crippen molar-refractivity contribution >= 4 is 11.6 Å². The average molecular weight is 325 g/mol. The number of nitrogens with zero attached hydrogens (tertiary/aromatic N) is 3. The van der Waals surface area contributed by atoms with Gasteiger partial charge in [0.1, 0.15) is 5.82 Å². The summed E-state index contributed by atoms with van der Waals surface area (Å²) < 4.78 is 27.1. The summed E-state index contributed by atoms with van der Waals surface area (Å²) in [6, 6.07) is 10.3. The lowest BCUT2D eigenvalue weighted by Gasteiger charge is -2.23. The van der Waals surface area contributed by atoms with Crippen LogP contribution in [0.3, 0.4) is 0 Å². The van der Waals surface area contributed by atoms with Crippen molar-refractivity contribution in [3.63, 3.8) is 0 Å². The van der Waals surface area contributed by atoms with Gasteiger partial charge in [-0.15, -0.1) is 0 Å². The van der Waals surface area contributed by atoms with Crippen molar-refractivity contribution < 1.29 is 13.6 Å². The van der Waals surface area contributed by atoms with E-state index in [9.17, 15) is 13.6 Å². The number of rotatable bonds is 4. The first kappa shape index (κ1) is 15.7. The second-order valence-electron chi connectivity index (χ2n) is 5.08. The number of pyridine rings is 2. The summed E-state index contributed by atoms with van der Waals surface area (Å²) >= 11 is 0. The number of carbonyl (C=O) groups is 1. The van der Waals surface area contributed by atoms with Gasteiger partial charge in [0.05, 0.1) is 18.3 Å². The van der Waals surface area contributed by atoms with Gasteiger partial charge < -0.3 is 4.90 Å². The van der Waals surface area contributed by atoms with Gasteiger partial charge in [-0.2, -0.15) is 0 Å². The molecule has 4 nitrogen and oxygen atoms in total. The molecule has 0 bridgehead atoms. The van der Waals surface area contributed by atoms with Crippen molar-refractivity contribution in [3.8, 4) is 0 Å². The van der Waals surface area contributed by atoms with Gasteiger partial charge >= 0.3 is 0 Å². The zero-order chi connectivity index (χ0) is 16.9. The number of benzene rings is 1. The fourth-order valence-electron chi connectivity index (χ4n) is 2.27. The molecular formula is C18H13F2N3O. The standard InChI is InChI=1S/C18H13F2N3O/c19-14-3-5-15(6-4-14)23(12-13-2-1-8-21-10-13)18(24)16-7-9-22-11-17(16)20/h1-11H,12H2. The molecule has 24 heavy (non-hydrogen) atoms. The molecule has 0 N–H and O–H groups in total. The minimum absolute atomic E-state index is 0.0989. The molecule has 1 amide bonds. The molecule has 0 spiro atoms. The molecule has 0 saturated carbocycles. The molecule has 1 aromatic carbocycles. The van der Waals surface area contributed by atoms with E-state index < -0.39 is 17.5 Å². The zero-order valence-corrected chi connectivity index (χ0v) is 12.6. The Hall–Kier alpha value is -3.15. The zero-order valence-electron chi connectivity index (χ0n) is 12.6. The molecule has 0 aliphatic heterocycles. The SMILES string of the molecule is O=C(c1ccncc1F)N(Cc1cccnc1)c1ccc(F)cc1. The van der Waals surface area contributed by atoms with Crippen LogP contribution in [0.25, 0.3) is 0 Å². The minimum Gasteiger partial charge on any atom is -0.304 e. The van der Waals surface area contributed by atoms with Crippen LogP contribution in [-0.4, -0.2) is 15.9 Å². The lowest BCUT2D eigenvalue weighted by atomic mass is 10.1. The van der Waals surface area contributed by atoms with Gasteiger partial charge in [0.2, 0.25) is 0 Å². The van der Waals surface area contributed by atoms with Crippen LogP contribution in [0.1, 0.15) is 15.9 Å². The van der Waals surface area contributed by atoms with Crippen molar-refractivity contribution in [1.82, 2.24) is 9.97 Å². The molecule has 0 aliphatic rings. The summed E-state index contributed by atoms with van der Waals surface area (Å²) in [6.07, 6.45) is 5.58. The van der Waals surface area contributed by atoms with Crippen LogP contribution in [0.5, 0.6) is 0 Å². The second-order valence-corrected chi connectivity index (χ2v) is 5.08. The fourth-order valence-corrected chi connectivity index (χ4v) is 2.27. The predicted octanol–water partition coefficient (Wildman–Crippen LogP) is 3.60. The normalized spacial score (nSPS) is 10.4. The van der Waals surface area contributed by atoms with E-state index in [1.165, 1.54) is 41.4 Å². The smallest absolute Gasteiger partial charge is 0.261 e. The number of amides is 1. The third kappa shape index (κ3) is 3.43. The van der Waals surface area contributed by atoms with Crippen LogP contribution in [0.2, 0.25) is 0 Å². The van der Waals surface area contributed by atoms with Gasteiger partial charge in [-0.05, 0) is 42.0 Å². The molecule has 0 unspecified atom stereocenters. The van der Waals surface area contributed by atoms with E-state index in [1.54, 1.807) is 24.5 Å². The van der Waals surface area contributed by atoms with Crippen LogP contribution in [0.4, 0.5) is 14.5 Å². The maximum absolute atomic E-state index is 13.9. The van der Waals surface area contributed by atoms with Crippen molar-refractivity contribution in [2.75, 3.05) is 4.90 Å². The summed E-state index contributed by atoms with van der Waals surface area (Å²) in [5.74, 6) is -1.66. The van der Waals surface area contributed by atoms with Crippen LogP contribution in [0, 0.1) is 11.6 Å². The highest BCUT2D eigenvalue weighted by molar-refractivity contribution is 6.06. The van der Waals surface area contributed by atoms with Gasteiger partial charge in [0.15, 0.2) is 5.82 Å². The fraction of sp³-hybridized carbons (Fsp3) is 0.0556. The number of aromatic nitrogens is 2. The number of anilines is 1. The lowest BCUT2D eigenvalue weighted by molar-refractivity contribution is 0.0981. The van der Waals surface area contributed by atoms with E-state index >= 15 is 0 Å². The first-order valence-electron chi connectivity index (χ1n) is 7.21. The van der Waals surface area contributed by atoms with Crippen LogP contribution < -0.4 is 4.90 Å². The van der Waals surface area contributed by atoms with Crippen LogP contribution >= 0.6 is 0 Å². The average Bonchev–Trinajstić information content (AvgIpc) is 2.61. The molecule has 0 fully saturated rings. The first-order valence-corrected chi connectivity index (χ1v) is 7.21. The first-order chi connectivity index (χ1) is 11.6. The number of carbonyl (C=O) groups excluding carboxylic acids is 1. The highest BCUT2D eigenvalue weighted by atomic mass is 19.1. The quantitative estimate of drug-likeness (QED) is 0.736. The Bertz CT molecular complexity index is 838. The highest BCUT2D eigenvalue weighted by Crippen LogP contribution is 2.21. The highest BCUT2D eigenvalue weighted by Gasteiger charge is 2.21. The number of hydrogen-bond donors (Lipinski definition) is 0. The van der Waals surface area contributed by atoms with E-state index in [4.69, 9.17) is 0 Å². The van der Waals surface area contributed by atoms with Crippen LogP contribution in [-0.2, 0) is 6.54 Å². The Morgan fingerprint density at radius 2 is 1.71 bits per heavy atom. The van der Waals surface area contributed by atoms with Gasteiger partial charge in [-0.3, -0.25) is 14.8 Å². The van der Waals surface area contributed by atoms with E-state index in [0.717, 1.165) is 11.8 Å². The molecule has 0 atom stereocenters. The molecule has 120 valence electrons. The maximum atomic E-state index is 13.9. The van der Waals surface area contributed by atoms with Crippen molar-refractivity contribution in [3.05, 3.63) is 90.0 Å². The summed E-state index contributed by atoms with van der Waals surface area (Å²) in [7, 11) is 0. The third-order valence-electron chi connectivity index (χ3n) is 3.45. The van der Waals surface area contributed by atoms with E-state index in [1.807, 2.05) is 0 Å². The van der Waals surface area contributed by atoms with E-state index in [-0.39, 0.29) is 12.1 Å². The van der Waals surface area contributed by atoms with E-state index in [2.05, 4.69) is 9.97 Å². The molecule has 2 heterocycles. The molecule has 3 rings (SSSR count). The molecule has 3 aromatic rings. The Balaban J connectivity index is 1.99. The van der Waals surface area contributed by atoms with E-state index in [0.29, 0.717) is 5.69 Å². The molecular weight excluding hydrogens is 312 g/mol. The second kappa shape index (κ2) is 6.95. The molecule has 0 aliphatic carbocycles. The third-order valence-corrected chi connectivity index (χ3v) is 3.45. The topological polar surface area (TPSA) is 46.1 Å². The van der Waals surface area contributed by atoms with Gasteiger partial charge in [0, 0.05) is 24.3 Å². The Labute approximate surface area is 137 Å². The van der Waals surface area contributed by atoms with Gasteiger partial charge in [0.25, 0.3) is 5.91 Å². The number of hydrogen-bond acceptors (Lipinski definition) is 3. The molecule has 0 radical (unpaired) electrons. The Morgan fingerprint density at radius 3 is 2.38 bits per heavy atom. The number of halogens is 2. The Morgan fingerprint density at radius 1 is 0.958 bits per heavy atom. The minimum atomic E-state index is -0.708. The lowest BCUT2D eigenvalue weighted by Crippen LogP contribution is -2.31. The molecule has 2 aromatic heterocycles. The predicted molar refractivity (Wildman–Crippen MR) is 85.3 cm³/mol. The van der Waals surface area contributed by atoms with Crippen molar-refractivity contribution in [1.29, 1.82) is 0 Å². The van der Waals surface area contributed by atoms with Crippen molar-refractivity contribution in [2.24, 2.45) is 0 Å². The van der Waals surface area contributed by atoms with Gasteiger partial charge in [-0.25, -0.2) is 8.78 Å². The molecule has 0 saturated heterocycles. The summed E-state index contributed by atoms with van der Waals surface area (Å²) in [4.78, 5) is 21.8. The monoisotopic (exact) mass is 325 g/mol.